The predicted octanol–water partition coefficient (Wildman–Crippen LogP) is 2.27. The first-order chi connectivity index (χ1) is 13.2. The smallest absolute Gasteiger partial charge is 0.273 e. The number of hydrogen-bond donors (Lipinski definition) is 1. The standard InChI is InChI=1S/C20H25FN4O2/c21-17-5-3-16(4-6-17)12-24-7-9-25(10-8-24)13-19-23-18(14-27-19)20(26)22-11-15-1-2-15/h3-6,14-15H,1-2,7-13H2,(H,22,26). The second-order valence-corrected chi connectivity index (χ2v) is 7.46. The van der Waals surface area contributed by atoms with E-state index >= 15 is 0 Å². The number of oxazole rings is 1. The van der Waals surface area contributed by atoms with Gasteiger partial charge in [0.15, 0.2) is 5.69 Å². The average Bonchev–Trinajstić information content (AvgIpc) is 3.40. The lowest BCUT2D eigenvalue weighted by atomic mass is 10.2. The fraction of sp³-hybridized carbons (Fsp3) is 0.500. The molecule has 2 fully saturated rings. The van der Waals surface area contributed by atoms with Gasteiger partial charge in [-0.3, -0.25) is 14.6 Å². The summed E-state index contributed by atoms with van der Waals surface area (Å²) in [6.07, 6.45) is 3.86. The van der Waals surface area contributed by atoms with E-state index in [1.54, 1.807) is 0 Å². The van der Waals surface area contributed by atoms with Gasteiger partial charge in [-0.25, -0.2) is 9.37 Å². The Kier molecular flexibility index (Phi) is 5.50. The summed E-state index contributed by atoms with van der Waals surface area (Å²) in [6.45, 7) is 5.87. The number of benzene rings is 1. The van der Waals surface area contributed by atoms with Gasteiger partial charge in [0.1, 0.15) is 12.1 Å². The summed E-state index contributed by atoms with van der Waals surface area (Å²) in [5, 5.41) is 2.91. The fourth-order valence-corrected chi connectivity index (χ4v) is 3.28. The van der Waals surface area contributed by atoms with Gasteiger partial charge in [0, 0.05) is 39.3 Å². The van der Waals surface area contributed by atoms with E-state index in [1.165, 1.54) is 31.2 Å². The van der Waals surface area contributed by atoms with Crippen LogP contribution in [0.25, 0.3) is 0 Å². The molecule has 7 heteroatoms. The maximum absolute atomic E-state index is 13.0. The van der Waals surface area contributed by atoms with E-state index in [2.05, 4.69) is 20.1 Å². The normalized spacial score (nSPS) is 18.6. The quantitative estimate of drug-likeness (QED) is 0.808. The Balaban J connectivity index is 1.22. The number of amides is 1. The fourth-order valence-electron chi connectivity index (χ4n) is 3.28. The molecule has 1 saturated carbocycles. The van der Waals surface area contributed by atoms with Crippen LogP contribution in [0.2, 0.25) is 0 Å². The van der Waals surface area contributed by atoms with Crippen LogP contribution in [0.4, 0.5) is 4.39 Å². The van der Waals surface area contributed by atoms with Crippen LogP contribution in [-0.2, 0) is 13.1 Å². The van der Waals surface area contributed by atoms with Gasteiger partial charge >= 0.3 is 0 Å². The van der Waals surface area contributed by atoms with Crippen molar-refractivity contribution in [3.63, 3.8) is 0 Å². The largest absolute Gasteiger partial charge is 0.447 e. The third-order valence-corrected chi connectivity index (χ3v) is 5.18. The number of hydrogen-bond acceptors (Lipinski definition) is 5. The Labute approximate surface area is 158 Å². The molecule has 2 aromatic rings. The molecule has 1 aliphatic carbocycles. The summed E-state index contributed by atoms with van der Waals surface area (Å²) in [6, 6.07) is 6.69. The first kappa shape index (κ1) is 18.1. The van der Waals surface area contributed by atoms with Crippen LogP contribution >= 0.6 is 0 Å². The molecule has 1 N–H and O–H groups in total. The zero-order valence-corrected chi connectivity index (χ0v) is 15.4. The molecule has 0 spiro atoms. The van der Waals surface area contributed by atoms with Crippen molar-refractivity contribution in [2.75, 3.05) is 32.7 Å². The minimum atomic E-state index is -0.199. The van der Waals surface area contributed by atoms with Crippen LogP contribution in [0.5, 0.6) is 0 Å². The van der Waals surface area contributed by atoms with E-state index in [0.717, 1.165) is 44.8 Å². The highest BCUT2D eigenvalue weighted by Gasteiger charge is 2.23. The van der Waals surface area contributed by atoms with E-state index in [9.17, 15) is 9.18 Å². The van der Waals surface area contributed by atoms with Gasteiger partial charge in [0.25, 0.3) is 5.91 Å². The summed E-state index contributed by atoms with van der Waals surface area (Å²) < 4.78 is 18.5. The highest BCUT2D eigenvalue weighted by atomic mass is 19.1. The second kappa shape index (κ2) is 8.19. The Morgan fingerprint density at radius 1 is 1.11 bits per heavy atom. The van der Waals surface area contributed by atoms with Crippen molar-refractivity contribution in [1.82, 2.24) is 20.1 Å². The highest BCUT2D eigenvalue weighted by Crippen LogP contribution is 2.27. The Hall–Kier alpha value is -2.25. The number of nitrogens with one attached hydrogen (secondary N) is 1. The average molecular weight is 372 g/mol. The molecule has 1 saturated heterocycles. The van der Waals surface area contributed by atoms with Crippen molar-refractivity contribution in [2.45, 2.75) is 25.9 Å². The third-order valence-electron chi connectivity index (χ3n) is 5.18. The molecule has 2 heterocycles. The van der Waals surface area contributed by atoms with Crippen molar-refractivity contribution in [2.24, 2.45) is 5.92 Å². The van der Waals surface area contributed by atoms with Gasteiger partial charge in [-0.2, -0.15) is 0 Å². The van der Waals surface area contributed by atoms with Crippen LogP contribution < -0.4 is 5.32 Å². The monoisotopic (exact) mass is 372 g/mol. The molecule has 2 aliphatic rings. The number of nitrogens with zero attached hydrogens (tertiary/aromatic N) is 3. The van der Waals surface area contributed by atoms with Crippen LogP contribution in [0, 0.1) is 11.7 Å². The number of aromatic nitrogens is 1. The Morgan fingerprint density at radius 3 is 2.44 bits per heavy atom. The highest BCUT2D eigenvalue weighted by molar-refractivity contribution is 5.91. The number of piperazine rings is 1. The van der Waals surface area contributed by atoms with Gasteiger partial charge in [-0.15, -0.1) is 0 Å². The van der Waals surface area contributed by atoms with Crippen LogP contribution in [0.3, 0.4) is 0 Å². The van der Waals surface area contributed by atoms with Crippen molar-refractivity contribution in [3.8, 4) is 0 Å². The molecule has 1 aromatic carbocycles. The topological polar surface area (TPSA) is 61.6 Å². The van der Waals surface area contributed by atoms with E-state index in [1.807, 2.05) is 12.1 Å². The molecule has 0 bridgehead atoms. The first-order valence-electron chi connectivity index (χ1n) is 9.57. The zero-order valence-electron chi connectivity index (χ0n) is 15.4. The number of rotatable bonds is 7. The minimum Gasteiger partial charge on any atom is -0.447 e. The summed E-state index contributed by atoms with van der Waals surface area (Å²) in [5.74, 6) is 0.876. The van der Waals surface area contributed by atoms with Crippen LogP contribution in [0.15, 0.2) is 34.9 Å². The number of carbonyl (C=O) groups excluding carboxylic acids is 1. The summed E-state index contributed by atoms with van der Waals surface area (Å²) in [5.41, 5.74) is 1.49. The van der Waals surface area contributed by atoms with Crippen LogP contribution in [-0.4, -0.2) is 53.4 Å². The van der Waals surface area contributed by atoms with E-state index in [0.29, 0.717) is 24.0 Å². The molecule has 4 rings (SSSR count). The van der Waals surface area contributed by atoms with Gasteiger partial charge in [-0.05, 0) is 36.5 Å². The SMILES string of the molecule is O=C(NCC1CC1)c1coc(CN2CCN(Cc3ccc(F)cc3)CC2)n1. The molecule has 0 radical (unpaired) electrons. The second-order valence-electron chi connectivity index (χ2n) is 7.46. The molecule has 6 nitrogen and oxygen atoms in total. The van der Waals surface area contributed by atoms with Crippen molar-refractivity contribution in [1.29, 1.82) is 0 Å². The van der Waals surface area contributed by atoms with Crippen molar-refractivity contribution < 1.29 is 13.6 Å². The summed E-state index contributed by atoms with van der Waals surface area (Å²) in [7, 11) is 0. The van der Waals surface area contributed by atoms with Gasteiger partial charge in [0.2, 0.25) is 5.89 Å². The van der Waals surface area contributed by atoms with Gasteiger partial charge < -0.3 is 9.73 Å². The van der Waals surface area contributed by atoms with E-state index < -0.39 is 0 Å². The van der Waals surface area contributed by atoms with Crippen molar-refractivity contribution in [3.05, 3.63) is 53.5 Å². The summed E-state index contributed by atoms with van der Waals surface area (Å²) >= 11 is 0. The maximum atomic E-state index is 13.0. The Bertz CT molecular complexity index is 765. The van der Waals surface area contributed by atoms with E-state index in [4.69, 9.17) is 4.42 Å². The summed E-state index contributed by atoms with van der Waals surface area (Å²) in [4.78, 5) is 21.0. The molecule has 0 unspecified atom stereocenters. The zero-order chi connectivity index (χ0) is 18.6. The lowest BCUT2D eigenvalue weighted by Crippen LogP contribution is -2.45. The molecule has 144 valence electrons. The number of halogens is 1. The lowest BCUT2D eigenvalue weighted by Gasteiger charge is -2.34. The van der Waals surface area contributed by atoms with Gasteiger partial charge in [-0.1, -0.05) is 12.1 Å². The third kappa shape index (κ3) is 5.14. The Morgan fingerprint density at radius 2 is 1.78 bits per heavy atom. The molecule has 27 heavy (non-hydrogen) atoms. The maximum Gasteiger partial charge on any atom is 0.273 e. The molecule has 1 aromatic heterocycles. The molecule has 0 atom stereocenters. The van der Waals surface area contributed by atoms with E-state index in [-0.39, 0.29) is 11.7 Å². The predicted molar refractivity (Wildman–Crippen MR) is 98.5 cm³/mol. The molecular formula is C20H25FN4O2. The number of carbonyl (C=O) groups is 1. The molecule has 1 amide bonds. The molecular weight excluding hydrogens is 347 g/mol. The van der Waals surface area contributed by atoms with Crippen LogP contribution in [0.1, 0.15) is 34.8 Å². The van der Waals surface area contributed by atoms with Gasteiger partial charge in [0.05, 0.1) is 6.54 Å². The first-order valence-corrected chi connectivity index (χ1v) is 9.57. The lowest BCUT2D eigenvalue weighted by molar-refractivity contribution is 0.0946. The minimum absolute atomic E-state index is 0.152. The van der Waals surface area contributed by atoms with Crippen molar-refractivity contribution >= 4 is 5.91 Å². The molecule has 1 aliphatic heterocycles.